The van der Waals surface area contributed by atoms with Gasteiger partial charge in [0, 0.05) is 4.90 Å². The summed E-state index contributed by atoms with van der Waals surface area (Å²) in [7, 11) is 0. The fourth-order valence-electron chi connectivity index (χ4n) is 0.842. The Bertz CT molecular complexity index is 317. The molecule has 2 nitrogen and oxygen atoms in total. The fourth-order valence-corrected chi connectivity index (χ4v) is 1.59. The molecule has 0 radical (unpaired) electrons. The molecule has 3 heteroatoms. The van der Waals surface area contributed by atoms with Crippen molar-refractivity contribution in [3.05, 3.63) is 41.3 Å². The topological polar surface area (TPSA) is 37.3 Å². The summed E-state index contributed by atoms with van der Waals surface area (Å²) >= 11 is 1.26. The first-order valence-electron chi connectivity index (χ1n) is 3.86. The second-order valence-electron chi connectivity index (χ2n) is 2.37. The standard InChI is InChI=1S/C10H10O2S/c1-2-9(10(11)12)13-8-6-4-3-5-7-8/h2-7H,1H3,(H,11,12)/b9-2-. The average Bonchev–Trinajstić information content (AvgIpc) is 2.15. The van der Waals surface area contributed by atoms with Gasteiger partial charge in [0.2, 0.25) is 0 Å². The Kier molecular flexibility index (Phi) is 3.58. The van der Waals surface area contributed by atoms with E-state index < -0.39 is 5.97 Å². The Hall–Kier alpha value is -1.22. The number of aliphatic carboxylic acids is 1. The van der Waals surface area contributed by atoms with Crippen LogP contribution in [0.4, 0.5) is 0 Å². The first-order chi connectivity index (χ1) is 6.24. The van der Waals surface area contributed by atoms with Crippen LogP contribution < -0.4 is 0 Å². The van der Waals surface area contributed by atoms with Gasteiger partial charge in [-0.3, -0.25) is 0 Å². The molecule has 1 N–H and O–H groups in total. The molecular weight excluding hydrogens is 184 g/mol. The highest BCUT2D eigenvalue weighted by molar-refractivity contribution is 8.04. The van der Waals surface area contributed by atoms with Crippen LogP contribution in [0, 0.1) is 0 Å². The summed E-state index contributed by atoms with van der Waals surface area (Å²) in [5, 5.41) is 8.75. The van der Waals surface area contributed by atoms with Gasteiger partial charge in [-0.05, 0) is 19.1 Å². The molecule has 0 heterocycles. The van der Waals surface area contributed by atoms with Gasteiger partial charge in [0.15, 0.2) is 0 Å². The fraction of sp³-hybridized carbons (Fsp3) is 0.100. The lowest BCUT2D eigenvalue weighted by Gasteiger charge is -2.00. The zero-order valence-corrected chi connectivity index (χ0v) is 8.04. The van der Waals surface area contributed by atoms with Crippen molar-refractivity contribution in [2.45, 2.75) is 11.8 Å². The number of thioether (sulfide) groups is 1. The number of carbonyl (C=O) groups is 1. The maximum atomic E-state index is 10.6. The highest BCUT2D eigenvalue weighted by atomic mass is 32.2. The number of carboxylic acids is 1. The minimum Gasteiger partial charge on any atom is -0.477 e. The van der Waals surface area contributed by atoms with Crippen LogP contribution >= 0.6 is 11.8 Å². The van der Waals surface area contributed by atoms with Crippen LogP contribution in [-0.4, -0.2) is 11.1 Å². The van der Waals surface area contributed by atoms with Crippen LogP contribution in [0.15, 0.2) is 46.2 Å². The van der Waals surface area contributed by atoms with Crippen molar-refractivity contribution in [1.29, 1.82) is 0 Å². The van der Waals surface area contributed by atoms with E-state index >= 15 is 0 Å². The molecule has 0 bridgehead atoms. The third-order valence-corrected chi connectivity index (χ3v) is 2.58. The second-order valence-corrected chi connectivity index (χ2v) is 3.49. The molecule has 13 heavy (non-hydrogen) atoms. The van der Waals surface area contributed by atoms with Crippen LogP contribution in [0.3, 0.4) is 0 Å². The summed E-state index contributed by atoms with van der Waals surface area (Å²) in [6.45, 7) is 1.72. The van der Waals surface area contributed by atoms with E-state index in [1.807, 2.05) is 30.3 Å². The minimum absolute atomic E-state index is 0.353. The van der Waals surface area contributed by atoms with E-state index in [-0.39, 0.29) is 0 Å². The van der Waals surface area contributed by atoms with Crippen LogP contribution in [0.1, 0.15) is 6.92 Å². The van der Waals surface area contributed by atoms with E-state index in [1.54, 1.807) is 13.0 Å². The number of hydrogen-bond donors (Lipinski definition) is 1. The Labute approximate surface area is 81.3 Å². The Balaban J connectivity index is 2.74. The first-order valence-corrected chi connectivity index (χ1v) is 4.68. The highest BCUT2D eigenvalue weighted by Gasteiger charge is 2.06. The van der Waals surface area contributed by atoms with Crippen LogP contribution in [-0.2, 0) is 4.79 Å². The zero-order valence-electron chi connectivity index (χ0n) is 7.23. The second kappa shape index (κ2) is 4.72. The molecule has 1 rings (SSSR count). The van der Waals surface area contributed by atoms with Crippen LogP contribution in [0.25, 0.3) is 0 Å². The lowest BCUT2D eigenvalue weighted by Crippen LogP contribution is -1.95. The molecule has 1 aromatic carbocycles. The van der Waals surface area contributed by atoms with Crippen molar-refractivity contribution in [3.63, 3.8) is 0 Å². The number of hydrogen-bond acceptors (Lipinski definition) is 2. The molecule has 0 atom stereocenters. The number of carboxylic acid groups (broad SMARTS) is 1. The third kappa shape index (κ3) is 2.95. The van der Waals surface area contributed by atoms with Crippen molar-refractivity contribution in [2.24, 2.45) is 0 Å². The molecule has 0 saturated heterocycles. The normalized spacial score (nSPS) is 11.3. The Morgan fingerprint density at radius 1 is 1.38 bits per heavy atom. The monoisotopic (exact) mass is 194 g/mol. The van der Waals surface area contributed by atoms with Gasteiger partial charge in [0.05, 0.1) is 4.91 Å². The van der Waals surface area contributed by atoms with E-state index in [2.05, 4.69) is 0 Å². The largest absolute Gasteiger partial charge is 0.477 e. The average molecular weight is 194 g/mol. The molecule has 0 aliphatic rings. The van der Waals surface area contributed by atoms with Gasteiger partial charge >= 0.3 is 5.97 Å². The van der Waals surface area contributed by atoms with Crippen molar-refractivity contribution < 1.29 is 9.90 Å². The van der Waals surface area contributed by atoms with Gasteiger partial charge in [-0.15, -0.1) is 0 Å². The van der Waals surface area contributed by atoms with Gasteiger partial charge < -0.3 is 5.11 Å². The van der Waals surface area contributed by atoms with Crippen molar-refractivity contribution in [2.75, 3.05) is 0 Å². The molecule has 0 amide bonds. The molecule has 0 unspecified atom stereocenters. The van der Waals surface area contributed by atoms with Crippen LogP contribution in [0.5, 0.6) is 0 Å². The van der Waals surface area contributed by atoms with Gasteiger partial charge in [-0.25, -0.2) is 4.79 Å². The molecule has 0 aromatic heterocycles. The van der Waals surface area contributed by atoms with E-state index in [9.17, 15) is 4.79 Å². The third-order valence-electron chi connectivity index (χ3n) is 1.44. The van der Waals surface area contributed by atoms with E-state index in [0.29, 0.717) is 4.91 Å². The van der Waals surface area contributed by atoms with Gasteiger partial charge in [-0.2, -0.15) is 0 Å². The van der Waals surface area contributed by atoms with Gasteiger partial charge in [-0.1, -0.05) is 36.0 Å². The number of rotatable bonds is 3. The quantitative estimate of drug-likeness (QED) is 0.594. The predicted molar refractivity (Wildman–Crippen MR) is 53.7 cm³/mol. The van der Waals surface area contributed by atoms with E-state index in [4.69, 9.17) is 5.11 Å². The smallest absolute Gasteiger partial charge is 0.342 e. The zero-order chi connectivity index (χ0) is 9.68. The van der Waals surface area contributed by atoms with E-state index in [1.165, 1.54) is 11.8 Å². The molecular formula is C10H10O2S. The molecule has 0 aliphatic carbocycles. The lowest BCUT2D eigenvalue weighted by molar-refractivity contribution is -0.131. The molecule has 0 spiro atoms. The van der Waals surface area contributed by atoms with Crippen LogP contribution in [0.2, 0.25) is 0 Å². The van der Waals surface area contributed by atoms with Crippen molar-refractivity contribution >= 4 is 17.7 Å². The molecule has 1 aromatic rings. The number of benzene rings is 1. The minimum atomic E-state index is -0.878. The summed E-state index contributed by atoms with van der Waals surface area (Å²) in [5.41, 5.74) is 0. The summed E-state index contributed by atoms with van der Waals surface area (Å²) in [4.78, 5) is 11.9. The number of allylic oxidation sites excluding steroid dienone is 1. The highest BCUT2D eigenvalue weighted by Crippen LogP contribution is 2.25. The first kappa shape index (κ1) is 9.86. The molecule has 0 fully saturated rings. The predicted octanol–water partition coefficient (Wildman–Crippen LogP) is 2.77. The lowest BCUT2D eigenvalue weighted by atomic mass is 10.4. The van der Waals surface area contributed by atoms with Crippen molar-refractivity contribution in [1.82, 2.24) is 0 Å². The maximum absolute atomic E-state index is 10.6. The molecule has 0 saturated carbocycles. The van der Waals surface area contributed by atoms with Gasteiger partial charge in [0.1, 0.15) is 0 Å². The summed E-state index contributed by atoms with van der Waals surface area (Å²) < 4.78 is 0. The van der Waals surface area contributed by atoms with E-state index in [0.717, 1.165) is 4.90 Å². The van der Waals surface area contributed by atoms with Gasteiger partial charge in [0.25, 0.3) is 0 Å². The van der Waals surface area contributed by atoms with Crippen molar-refractivity contribution in [3.8, 4) is 0 Å². The Morgan fingerprint density at radius 3 is 2.46 bits per heavy atom. The molecule has 68 valence electrons. The summed E-state index contributed by atoms with van der Waals surface area (Å²) in [5.74, 6) is -0.878. The maximum Gasteiger partial charge on any atom is 0.342 e. The molecule has 0 aliphatic heterocycles. The Morgan fingerprint density at radius 2 is 2.00 bits per heavy atom. The SMILES string of the molecule is C/C=C(\Sc1ccccc1)C(=O)O. The summed E-state index contributed by atoms with van der Waals surface area (Å²) in [6, 6.07) is 9.45. The summed E-state index contributed by atoms with van der Waals surface area (Å²) in [6.07, 6.45) is 1.60.